The lowest BCUT2D eigenvalue weighted by Gasteiger charge is -2.25. The fraction of sp³-hybridized carbons (Fsp3) is 0.379. The largest absolute Gasteiger partial charge is 0.444 e. The van der Waals surface area contributed by atoms with Crippen LogP contribution in [0.5, 0.6) is 0 Å². The fourth-order valence-electron chi connectivity index (χ4n) is 5.20. The number of nitrogens with one attached hydrogen (secondary N) is 1. The van der Waals surface area contributed by atoms with Crippen LogP contribution in [0.3, 0.4) is 0 Å². The minimum absolute atomic E-state index is 0.0671. The van der Waals surface area contributed by atoms with Crippen molar-refractivity contribution < 1.29 is 18.7 Å². The van der Waals surface area contributed by atoms with Gasteiger partial charge in [0.15, 0.2) is 11.6 Å². The summed E-state index contributed by atoms with van der Waals surface area (Å²) >= 11 is 6.35. The lowest BCUT2D eigenvalue weighted by Crippen LogP contribution is -2.36. The van der Waals surface area contributed by atoms with E-state index in [1.807, 2.05) is 51.1 Å². The van der Waals surface area contributed by atoms with Crippen molar-refractivity contribution in [2.24, 2.45) is 11.8 Å². The highest BCUT2D eigenvalue weighted by molar-refractivity contribution is 6.34. The summed E-state index contributed by atoms with van der Waals surface area (Å²) in [5.74, 6) is 4.84. The molecule has 2 aliphatic rings. The monoisotopic (exact) mass is 549 g/mol. The first-order chi connectivity index (χ1) is 18.6. The molecule has 0 spiro atoms. The van der Waals surface area contributed by atoms with E-state index < -0.39 is 17.3 Å². The number of carbonyl (C=O) groups excluding carboxylic acids is 2. The third-order valence-electron chi connectivity index (χ3n) is 6.89. The molecule has 1 unspecified atom stereocenters. The van der Waals surface area contributed by atoms with Gasteiger partial charge in [-0.1, -0.05) is 41.6 Å². The number of likely N-dealkylation sites (tertiary alicyclic amines) is 1. The van der Waals surface area contributed by atoms with Gasteiger partial charge < -0.3 is 15.0 Å². The average Bonchev–Trinajstić information content (AvgIpc) is 3.57. The molecule has 10 heteroatoms. The number of nitrogens with zero attached hydrogens (tertiary/aromatic N) is 4. The first-order valence-corrected chi connectivity index (χ1v) is 13.2. The molecule has 2 aromatic heterocycles. The molecule has 0 bridgehead atoms. The van der Waals surface area contributed by atoms with Crippen molar-refractivity contribution in [1.29, 1.82) is 0 Å². The number of hydrogen-bond acceptors (Lipinski definition) is 5. The molecule has 2 fully saturated rings. The first-order valence-electron chi connectivity index (χ1n) is 12.8. The van der Waals surface area contributed by atoms with Crippen LogP contribution in [0.2, 0.25) is 5.02 Å². The van der Waals surface area contributed by atoms with E-state index in [1.54, 1.807) is 9.58 Å². The molecule has 1 aliphatic carbocycles. The second kappa shape index (κ2) is 10.7. The van der Waals surface area contributed by atoms with Gasteiger partial charge in [-0.25, -0.2) is 14.2 Å². The van der Waals surface area contributed by atoms with Gasteiger partial charge in [-0.05, 0) is 63.6 Å². The van der Waals surface area contributed by atoms with Crippen molar-refractivity contribution in [2.45, 2.75) is 45.3 Å². The van der Waals surface area contributed by atoms with Crippen LogP contribution in [-0.2, 0) is 4.74 Å². The first kappa shape index (κ1) is 26.7. The molecule has 1 aromatic carbocycles. The molecular weight excluding hydrogens is 521 g/mol. The van der Waals surface area contributed by atoms with Crippen LogP contribution in [-0.4, -0.2) is 50.4 Å². The second-order valence-electron chi connectivity index (χ2n) is 10.9. The highest BCUT2D eigenvalue weighted by Gasteiger charge is 2.45. The summed E-state index contributed by atoms with van der Waals surface area (Å²) in [6.45, 7) is 6.74. The number of amides is 2. The molecule has 39 heavy (non-hydrogen) atoms. The van der Waals surface area contributed by atoms with E-state index in [2.05, 4.69) is 27.2 Å². The summed E-state index contributed by atoms with van der Waals surface area (Å²) in [4.78, 5) is 31.5. The summed E-state index contributed by atoms with van der Waals surface area (Å²) in [5, 5.41) is 7.06. The number of fused-ring (bicyclic) bond motifs is 1. The third-order valence-corrected chi connectivity index (χ3v) is 7.16. The van der Waals surface area contributed by atoms with E-state index in [4.69, 9.17) is 16.3 Å². The Kier molecular flexibility index (Phi) is 7.32. The number of halogens is 2. The predicted molar refractivity (Wildman–Crippen MR) is 145 cm³/mol. The lowest BCUT2D eigenvalue weighted by atomic mass is 10.0. The number of carbonyl (C=O) groups is 2. The van der Waals surface area contributed by atoms with Crippen LogP contribution in [0.1, 0.15) is 61.3 Å². The molecule has 1 aliphatic heterocycles. The molecule has 3 heterocycles. The zero-order valence-electron chi connectivity index (χ0n) is 21.9. The van der Waals surface area contributed by atoms with Crippen molar-refractivity contribution in [1.82, 2.24) is 19.7 Å². The fourth-order valence-corrected chi connectivity index (χ4v) is 5.42. The van der Waals surface area contributed by atoms with E-state index >= 15 is 0 Å². The normalized spacial score (nSPS) is 20.2. The Morgan fingerprint density at radius 2 is 1.74 bits per heavy atom. The van der Waals surface area contributed by atoms with Crippen LogP contribution < -0.4 is 5.32 Å². The van der Waals surface area contributed by atoms with E-state index in [0.717, 1.165) is 18.4 Å². The Hall–Kier alpha value is -3.90. The Bertz CT molecular complexity index is 1440. The van der Waals surface area contributed by atoms with Gasteiger partial charge in [0.05, 0.1) is 17.3 Å². The van der Waals surface area contributed by atoms with Crippen LogP contribution in [0.4, 0.5) is 15.0 Å². The third kappa shape index (κ3) is 6.07. The highest BCUT2D eigenvalue weighted by atomic mass is 35.5. The Labute approximate surface area is 231 Å². The maximum absolute atomic E-state index is 14.8. The lowest BCUT2D eigenvalue weighted by molar-refractivity contribution is 0.0277. The molecule has 5 rings (SSSR count). The molecule has 3 aromatic rings. The van der Waals surface area contributed by atoms with Gasteiger partial charge in [0.1, 0.15) is 11.3 Å². The van der Waals surface area contributed by atoms with Crippen LogP contribution in [0.25, 0.3) is 0 Å². The van der Waals surface area contributed by atoms with Gasteiger partial charge in [0, 0.05) is 30.4 Å². The maximum Gasteiger partial charge on any atom is 0.410 e. The van der Waals surface area contributed by atoms with Crippen LogP contribution in [0, 0.1) is 29.5 Å². The number of rotatable bonds is 3. The number of hydrogen-bond donors (Lipinski definition) is 1. The summed E-state index contributed by atoms with van der Waals surface area (Å²) in [6, 6.07) is 10.5. The molecule has 2 amide bonds. The molecular formula is C29H29ClFN5O3. The summed E-state index contributed by atoms with van der Waals surface area (Å²) in [5.41, 5.74) is 0.789. The minimum Gasteiger partial charge on any atom is -0.444 e. The SMILES string of the molecule is CC(C)(C)OC(=O)N1C[C@H]2CC(n3ncc(Cl)c3C(=O)Nc3ncc(C#Cc4ccccc4)cc3F)C[C@H]2C1. The molecule has 3 atom stereocenters. The molecule has 8 nitrogen and oxygen atoms in total. The molecule has 1 saturated heterocycles. The molecule has 1 saturated carbocycles. The predicted octanol–water partition coefficient (Wildman–Crippen LogP) is 5.54. The highest BCUT2D eigenvalue weighted by Crippen LogP contribution is 2.44. The topological polar surface area (TPSA) is 89.4 Å². The smallest absolute Gasteiger partial charge is 0.410 e. The summed E-state index contributed by atoms with van der Waals surface area (Å²) in [7, 11) is 0. The van der Waals surface area contributed by atoms with Gasteiger partial charge in [0.25, 0.3) is 5.91 Å². The number of ether oxygens (including phenoxy) is 1. The second-order valence-corrected chi connectivity index (χ2v) is 11.3. The van der Waals surface area contributed by atoms with Crippen molar-refractivity contribution in [2.75, 3.05) is 18.4 Å². The van der Waals surface area contributed by atoms with Crippen molar-refractivity contribution in [3.05, 3.63) is 76.5 Å². The minimum atomic E-state index is -0.706. The Morgan fingerprint density at radius 1 is 1.08 bits per heavy atom. The Morgan fingerprint density at radius 3 is 2.38 bits per heavy atom. The van der Waals surface area contributed by atoms with Crippen LogP contribution >= 0.6 is 11.6 Å². The number of aromatic nitrogens is 3. The molecule has 1 N–H and O–H groups in total. The van der Waals surface area contributed by atoms with Gasteiger partial charge in [-0.3, -0.25) is 9.48 Å². The zero-order chi connectivity index (χ0) is 27.7. The van der Waals surface area contributed by atoms with Gasteiger partial charge in [-0.2, -0.15) is 5.10 Å². The average molecular weight is 550 g/mol. The number of benzene rings is 1. The Balaban J connectivity index is 1.25. The molecule has 202 valence electrons. The van der Waals surface area contributed by atoms with Gasteiger partial charge in [-0.15, -0.1) is 0 Å². The summed E-state index contributed by atoms with van der Waals surface area (Å²) in [6.07, 6.45) is 4.00. The standard InChI is InChI=1S/C29H29ClFN5O3/c1-29(2,3)39-28(38)35-16-20-12-22(13-21(20)17-35)36-25(23(30)15-33-36)27(37)34-26-24(31)11-19(14-32-26)10-9-18-7-5-4-6-8-18/h4-8,11,14-15,20-22H,12-13,16-17H2,1-3H3,(H,32,34,37)/t20-,21+,22?. The summed E-state index contributed by atoms with van der Waals surface area (Å²) < 4.78 is 21.9. The van der Waals surface area contributed by atoms with E-state index in [1.165, 1.54) is 18.5 Å². The van der Waals surface area contributed by atoms with Gasteiger partial charge >= 0.3 is 6.09 Å². The van der Waals surface area contributed by atoms with E-state index in [-0.39, 0.29) is 40.5 Å². The van der Waals surface area contributed by atoms with Gasteiger partial charge in [0.2, 0.25) is 0 Å². The van der Waals surface area contributed by atoms with Crippen molar-refractivity contribution >= 4 is 29.4 Å². The van der Waals surface area contributed by atoms with Crippen LogP contribution in [0.15, 0.2) is 48.8 Å². The zero-order valence-corrected chi connectivity index (χ0v) is 22.7. The number of pyridine rings is 1. The van der Waals surface area contributed by atoms with E-state index in [9.17, 15) is 14.0 Å². The maximum atomic E-state index is 14.8. The quantitative estimate of drug-likeness (QED) is 0.433. The molecule has 0 radical (unpaired) electrons. The number of anilines is 1. The van der Waals surface area contributed by atoms with Crippen molar-refractivity contribution in [3.63, 3.8) is 0 Å². The van der Waals surface area contributed by atoms with E-state index in [0.29, 0.717) is 18.7 Å². The van der Waals surface area contributed by atoms with Crippen molar-refractivity contribution in [3.8, 4) is 11.8 Å².